The van der Waals surface area contributed by atoms with Crippen LogP contribution in [0.15, 0.2) is 74.2 Å². The number of hydrogen-bond acceptors (Lipinski definition) is 7. The normalized spacial score (nSPS) is 15.7. The van der Waals surface area contributed by atoms with Gasteiger partial charge in [-0.15, -0.1) is 0 Å². The molecular formula is C37H7F15N6O4. The molecule has 314 valence electrons. The largest absolute Gasteiger partial charge is 0.347 e. The van der Waals surface area contributed by atoms with Gasteiger partial charge >= 0.3 is 0 Å². The third kappa shape index (κ3) is 5.74. The van der Waals surface area contributed by atoms with Crippen molar-refractivity contribution in [3.05, 3.63) is 195 Å². The SMILES string of the molecule is O=[N+]([O-])C1=CC2=NC1=C(c1c(F)c(F)c(F)c(F)c1F)C1=NC(=C(c3c(F)c(F)c(F)c(F)c3F)C3=NC(=C(c4c(F)c(F)c(F)c(F)c4F)c4[nH]c2cc4[N+](=O)[O-])C=C3)C=C1. The van der Waals surface area contributed by atoms with Crippen LogP contribution in [-0.4, -0.2) is 32.0 Å². The second-order valence-electron chi connectivity index (χ2n) is 12.7. The van der Waals surface area contributed by atoms with Gasteiger partial charge in [-0.25, -0.2) is 80.8 Å². The molecule has 4 aliphatic heterocycles. The van der Waals surface area contributed by atoms with Gasteiger partial charge in [-0.2, -0.15) is 0 Å². The van der Waals surface area contributed by atoms with Crippen molar-refractivity contribution in [3.8, 4) is 0 Å². The van der Waals surface area contributed by atoms with Crippen molar-refractivity contribution in [2.24, 2.45) is 15.0 Å². The lowest BCUT2D eigenvalue weighted by Gasteiger charge is -2.15. The summed E-state index contributed by atoms with van der Waals surface area (Å²) < 4.78 is 225. The number of nitrogens with one attached hydrogen (secondary N) is 1. The first-order chi connectivity index (χ1) is 29.2. The Bertz CT molecular complexity index is 3100. The number of aromatic nitrogens is 1. The molecule has 4 aliphatic rings. The molecule has 62 heavy (non-hydrogen) atoms. The minimum atomic E-state index is -2.74. The van der Waals surface area contributed by atoms with E-state index >= 15 is 26.3 Å². The van der Waals surface area contributed by atoms with Crippen molar-refractivity contribution in [1.29, 1.82) is 0 Å². The predicted octanol–water partition coefficient (Wildman–Crippen LogP) is 9.59. The van der Waals surface area contributed by atoms with E-state index < -0.39 is 188 Å². The Morgan fingerprint density at radius 1 is 0.435 bits per heavy atom. The molecule has 3 aromatic carbocycles. The van der Waals surface area contributed by atoms with Crippen LogP contribution in [0, 0.1) is 107 Å². The van der Waals surface area contributed by atoms with Gasteiger partial charge in [0.2, 0.25) is 17.5 Å². The van der Waals surface area contributed by atoms with Gasteiger partial charge in [0.15, 0.2) is 75.5 Å². The predicted molar refractivity (Wildman–Crippen MR) is 181 cm³/mol. The van der Waals surface area contributed by atoms with Crippen LogP contribution in [0.4, 0.5) is 71.5 Å². The Labute approximate surface area is 330 Å². The number of halogens is 15. The van der Waals surface area contributed by atoms with Gasteiger partial charge in [0.05, 0.1) is 60.8 Å². The maximum absolute atomic E-state index is 15.7. The molecular weight excluding hydrogens is 877 g/mol. The molecule has 10 nitrogen and oxygen atoms in total. The summed E-state index contributed by atoms with van der Waals surface area (Å²) in [5.41, 5.74) is -21.9. The van der Waals surface area contributed by atoms with Gasteiger partial charge in [0, 0.05) is 28.9 Å². The van der Waals surface area contributed by atoms with E-state index in [1.165, 1.54) is 0 Å². The first-order valence-electron chi connectivity index (χ1n) is 16.3. The van der Waals surface area contributed by atoms with Crippen molar-refractivity contribution in [3.63, 3.8) is 0 Å². The van der Waals surface area contributed by atoms with Crippen molar-refractivity contribution >= 4 is 39.5 Å². The summed E-state index contributed by atoms with van der Waals surface area (Å²) >= 11 is 0. The molecule has 0 spiro atoms. The van der Waals surface area contributed by atoms with E-state index in [9.17, 15) is 59.7 Å². The Morgan fingerprint density at radius 3 is 1.23 bits per heavy atom. The second-order valence-corrected chi connectivity index (χ2v) is 12.7. The molecule has 1 N–H and O–H groups in total. The van der Waals surface area contributed by atoms with E-state index in [4.69, 9.17) is 0 Å². The maximum Gasteiger partial charge on any atom is 0.297 e. The number of H-pyrrole nitrogens is 1. The van der Waals surface area contributed by atoms with Crippen molar-refractivity contribution in [2.75, 3.05) is 0 Å². The first-order valence-corrected chi connectivity index (χ1v) is 16.3. The third-order valence-corrected chi connectivity index (χ3v) is 9.39. The highest BCUT2D eigenvalue weighted by molar-refractivity contribution is 6.36. The molecule has 0 unspecified atom stereocenters. The number of nitro groups is 2. The van der Waals surface area contributed by atoms with Crippen LogP contribution in [0.1, 0.15) is 28.1 Å². The Morgan fingerprint density at radius 2 is 0.806 bits per heavy atom. The minimum absolute atomic E-state index is 0.375. The molecule has 4 aromatic rings. The molecule has 0 amide bonds. The summed E-state index contributed by atoms with van der Waals surface area (Å²) in [5.74, 6) is -40.1. The fourth-order valence-corrected chi connectivity index (χ4v) is 6.68. The van der Waals surface area contributed by atoms with E-state index in [0.29, 0.717) is 36.4 Å². The van der Waals surface area contributed by atoms with Crippen molar-refractivity contribution < 1.29 is 75.7 Å². The Balaban J connectivity index is 1.62. The molecule has 0 saturated carbocycles. The average molecular weight is 884 g/mol. The van der Waals surface area contributed by atoms with E-state index in [-0.39, 0.29) is 0 Å². The smallest absolute Gasteiger partial charge is 0.297 e. The van der Waals surface area contributed by atoms with Crippen molar-refractivity contribution in [2.45, 2.75) is 0 Å². The monoisotopic (exact) mass is 884 g/mol. The first kappa shape index (κ1) is 40.9. The van der Waals surface area contributed by atoms with Gasteiger partial charge in [-0.1, -0.05) is 0 Å². The van der Waals surface area contributed by atoms with Crippen LogP contribution < -0.4 is 0 Å². The second kappa shape index (κ2) is 14.1. The minimum Gasteiger partial charge on any atom is -0.347 e. The van der Waals surface area contributed by atoms with Gasteiger partial charge < -0.3 is 4.98 Å². The summed E-state index contributed by atoms with van der Waals surface area (Å²) in [4.78, 5) is 35.9. The van der Waals surface area contributed by atoms with E-state index in [0.717, 1.165) is 0 Å². The van der Waals surface area contributed by atoms with Crippen LogP contribution in [0.5, 0.6) is 0 Å². The van der Waals surface area contributed by atoms with Crippen LogP contribution in [0.2, 0.25) is 0 Å². The third-order valence-electron chi connectivity index (χ3n) is 9.39. The van der Waals surface area contributed by atoms with Crippen LogP contribution >= 0.6 is 0 Å². The molecule has 8 bridgehead atoms. The van der Waals surface area contributed by atoms with Gasteiger partial charge in [0.25, 0.3) is 11.4 Å². The zero-order valence-electron chi connectivity index (χ0n) is 29.0. The fourth-order valence-electron chi connectivity index (χ4n) is 6.68. The van der Waals surface area contributed by atoms with Gasteiger partial charge in [-0.05, 0) is 24.3 Å². The zero-order valence-corrected chi connectivity index (χ0v) is 29.0. The number of hydrogen-bond donors (Lipinski definition) is 1. The molecule has 0 fully saturated rings. The number of benzene rings is 3. The highest BCUT2D eigenvalue weighted by atomic mass is 19.2. The molecule has 0 saturated heterocycles. The number of allylic oxidation sites excluding steroid dienone is 7. The Hall–Kier alpha value is -7.86. The topological polar surface area (TPSA) is 139 Å². The maximum atomic E-state index is 15.7. The average Bonchev–Trinajstić information content (AvgIpc) is 4.08. The molecule has 1 aromatic heterocycles. The van der Waals surface area contributed by atoms with Gasteiger partial charge in [0.1, 0.15) is 5.69 Å². The van der Waals surface area contributed by atoms with Crippen molar-refractivity contribution in [1.82, 2.24) is 4.98 Å². The summed E-state index contributed by atoms with van der Waals surface area (Å²) in [6, 6.07) is 0.399. The number of rotatable bonds is 5. The lowest BCUT2D eigenvalue weighted by Crippen LogP contribution is -2.13. The summed E-state index contributed by atoms with van der Waals surface area (Å²) in [5, 5.41) is 24.9. The molecule has 0 atom stereocenters. The highest BCUT2D eigenvalue weighted by Crippen LogP contribution is 2.44. The number of nitrogens with zero attached hydrogens (tertiary/aromatic N) is 5. The van der Waals surface area contributed by atoms with Crippen LogP contribution in [0.3, 0.4) is 0 Å². The molecule has 0 aliphatic carbocycles. The molecule has 0 radical (unpaired) electrons. The Kier molecular flexibility index (Phi) is 9.32. The van der Waals surface area contributed by atoms with E-state index in [2.05, 4.69) is 20.0 Å². The molecule has 8 rings (SSSR count). The molecule has 25 heteroatoms. The summed E-state index contributed by atoms with van der Waals surface area (Å²) in [7, 11) is 0. The van der Waals surface area contributed by atoms with E-state index in [1.54, 1.807) is 0 Å². The zero-order chi connectivity index (χ0) is 45.1. The van der Waals surface area contributed by atoms with E-state index in [1.807, 2.05) is 0 Å². The standard InChI is InChI=1S/C37H7F15N6O4/c38-21-18(22(39)28(45)33(50)27(21)44)15-7-1-3-9(53-7)16(19-23(40)29(46)34(51)30(47)24(19)41)36-13(57(59)60)5-11(55-36)12-6-14(58(61)62)37(56-12)17(10-4-2-8(15)54-10)20-25(42)31(48)35(52)32(49)26(20)43/h1-6,55H. The highest BCUT2D eigenvalue weighted by Gasteiger charge is 2.41. The summed E-state index contributed by atoms with van der Waals surface area (Å²) in [6.07, 6.45) is 2.55. The molecule has 5 heterocycles. The number of aromatic amines is 1. The summed E-state index contributed by atoms with van der Waals surface area (Å²) in [6.45, 7) is 0. The number of aliphatic imine (C=N–C) groups is 3. The lowest BCUT2D eigenvalue weighted by atomic mass is 9.96. The van der Waals surface area contributed by atoms with Crippen LogP contribution in [0.25, 0.3) is 16.7 Å². The quantitative estimate of drug-likeness (QED) is 0.0701. The lowest BCUT2D eigenvalue weighted by molar-refractivity contribution is -0.420. The fraction of sp³-hybridized carbons (Fsp3) is 0. The van der Waals surface area contributed by atoms with Crippen LogP contribution in [-0.2, 0) is 0 Å². The van der Waals surface area contributed by atoms with Gasteiger partial charge in [-0.3, -0.25) is 20.2 Å². The number of fused-ring (bicyclic) bond motifs is 6.